The van der Waals surface area contributed by atoms with Gasteiger partial charge in [0.25, 0.3) is 11.8 Å². The zero-order valence-corrected chi connectivity index (χ0v) is 23.4. The fraction of sp³-hybridized carbons (Fsp3) is 0.250. The Hall–Kier alpha value is -4.28. The molecule has 3 aromatic rings. The molecule has 2 amide bonds. The Balaban J connectivity index is 1.39. The predicted molar refractivity (Wildman–Crippen MR) is 148 cm³/mol. The number of nitrogens with one attached hydrogen (secondary N) is 1. The van der Waals surface area contributed by atoms with E-state index in [1.165, 1.54) is 18.7 Å². The van der Waals surface area contributed by atoms with E-state index >= 15 is 0 Å². The first-order valence-corrected chi connectivity index (χ1v) is 14.1. The molecule has 5 rings (SSSR count). The maximum atomic E-state index is 13.2. The molecule has 3 aromatic heterocycles. The van der Waals surface area contributed by atoms with Crippen molar-refractivity contribution in [2.75, 3.05) is 11.5 Å². The molecule has 5 heterocycles. The number of nitrogen functional groups attached to an aromatic ring is 1. The maximum Gasteiger partial charge on any atom is 0.352 e. The highest BCUT2D eigenvalue weighted by Gasteiger charge is 2.55. The number of aliphatic carboxylic acids is 2. The van der Waals surface area contributed by atoms with E-state index in [0.29, 0.717) is 5.57 Å². The van der Waals surface area contributed by atoms with Gasteiger partial charge in [0.15, 0.2) is 23.6 Å². The molecule has 5 N–H and O–H groups in total. The molecule has 2 aliphatic heterocycles. The number of carboxylic acids is 2. The molecular weight excluding hydrogens is 598 g/mol. The Bertz CT molecular complexity index is 1650. The number of carbonyl (C=O) groups is 4. The number of amides is 2. The highest BCUT2D eigenvalue weighted by Crippen LogP contribution is 2.40. The number of hydrogen-bond donors (Lipinski definition) is 4. The lowest BCUT2D eigenvalue weighted by atomic mass is 10.0. The van der Waals surface area contributed by atoms with Gasteiger partial charge in [-0.3, -0.25) is 14.5 Å². The molecule has 0 saturated carbocycles. The van der Waals surface area contributed by atoms with Crippen LogP contribution in [0, 0.1) is 0 Å². The van der Waals surface area contributed by atoms with Crippen LogP contribution in [0.15, 0.2) is 53.1 Å². The molecule has 2 aliphatic rings. The summed E-state index contributed by atoms with van der Waals surface area (Å²) in [5, 5.41) is 24.6. The second-order valence-electron chi connectivity index (χ2n) is 8.86. The first-order valence-electron chi connectivity index (χ1n) is 11.9. The van der Waals surface area contributed by atoms with Crippen molar-refractivity contribution in [2.24, 2.45) is 5.16 Å². The highest BCUT2D eigenvalue weighted by atomic mass is 35.5. The summed E-state index contributed by atoms with van der Waals surface area (Å²) in [6.45, 7) is 1.42. The van der Waals surface area contributed by atoms with Crippen LogP contribution in [0.25, 0.3) is 11.0 Å². The predicted octanol–water partition coefficient (Wildman–Crippen LogP) is 0.847. The van der Waals surface area contributed by atoms with E-state index in [9.17, 15) is 24.3 Å². The average molecular weight is 619 g/mol. The molecule has 0 aromatic carbocycles. The SMILES string of the molecule is C[C@H](ON=C(C(=O)NC1C(=O)N2C(C(=O)O)=C(C[n+]3cccc4ncccc43)CS[C@H]12)c1nc(N)sc1Cl)C(=O)O. The number of carboxylic acid groups (broad SMARTS) is 2. The molecule has 14 nitrogen and oxygen atoms in total. The van der Waals surface area contributed by atoms with Gasteiger partial charge in [-0.25, -0.2) is 19.6 Å². The van der Waals surface area contributed by atoms with Crippen LogP contribution >= 0.6 is 34.7 Å². The molecule has 1 saturated heterocycles. The lowest BCUT2D eigenvalue weighted by Gasteiger charge is -2.49. The largest absolute Gasteiger partial charge is 0.478 e. The summed E-state index contributed by atoms with van der Waals surface area (Å²) < 4.78 is 1.85. The van der Waals surface area contributed by atoms with E-state index in [0.717, 1.165) is 27.3 Å². The first kappa shape index (κ1) is 28.3. The quantitative estimate of drug-likeness (QED) is 0.115. The number of halogens is 1. The fourth-order valence-electron chi connectivity index (χ4n) is 4.29. The minimum absolute atomic E-state index is 0.00143. The molecule has 0 bridgehead atoms. The van der Waals surface area contributed by atoms with E-state index in [1.54, 1.807) is 24.5 Å². The smallest absolute Gasteiger partial charge is 0.352 e. The number of pyridine rings is 2. The number of oxime groups is 1. The molecule has 0 spiro atoms. The van der Waals surface area contributed by atoms with E-state index in [4.69, 9.17) is 27.3 Å². The Morgan fingerprint density at radius 2 is 2.12 bits per heavy atom. The van der Waals surface area contributed by atoms with Gasteiger partial charge in [-0.2, -0.15) is 4.57 Å². The van der Waals surface area contributed by atoms with Crippen LogP contribution in [-0.4, -0.2) is 77.8 Å². The lowest BCUT2D eigenvalue weighted by Crippen LogP contribution is -2.71. The van der Waals surface area contributed by atoms with Gasteiger partial charge in [0.05, 0.1) is 0 Å². The molecule has 1 unspecified atom stereocenters. The summed E-state index contributed by atoms with van der Waals surface area (Å²) in [5.41, 5.74) is 6.94. The van der Waals surface area contributed by atoms with Crippen LogP contribution < -0.4 is 15.6 Å². The highest BCUT2D eigenvalue weighted by molar-refractivity contribution is 8.00. The minimum Gasteiger partial charge on any atom is -0.478 e. The maximum absolute atomic E-state index is 13.2. The first-order chi connectivity index (χ1) is 19.6. The van der Waals surface area contributed by atoms with Gasteiger partial charge in [-0.05, 0) is 19.1 Å². The van der Waals surface area contributed by atoms with E-state index < -0.39 is 47.0 Å². The van der Waals surface area contributed by atoms with Gasteiger partial charge < -0.3 is 26.1 Å². The lowest BCUT2D eigenvalue weighted by molar-refractivity contribution is -0.663. The van der Waals surface area contributed by atoms with E-state index in [-0.39, 0.29) is 33.2 Å². The van der Waals surface area contributed by atoms with Crippen LogP contribution in [0.5, 0.6) is 0 Å². The number of anilines is 1. The molecule has 0 radical (unpaired) electrons. The Kier molecular flexibility index (Phi) is 7.79. The third kappa shape index (κ3) is 5.40. The van der Waals surface area contributed by atoms with Crippen LogP contribution in [0.3, 0.4) is 0 Å². The Morgan fingerprint density at radius 3 is 2.80 bits per heavy atom. The summed E-state index contributed by atoms with van der Waals surface area (Å²) in [6, 6.07) is 6.19. The summed E-state index contributed by atoms with van der Waals surface area (Å²) in [4.78, 5) is 64.3. The second-order valence-corrected chi connectivity index (χ2v) is 11.6. The van der Waals surface area contributed by atoms with Gasteiger partial charge in [0.1, 0.15) is 32.7 Å². The Labute approximate surface area is 244 Å². The second kappa shape index (κ2) is 11.3. The number of nitrogens with two attached hydrogens (primary N) is 1. The zero-order valence-electron chi connectivity index (χ0n) is 21.1. The summed E-state index contributed by atoms with van der Waals surface area (Å²) in [6.07, 6.45) is 2.06. The monoisotopic (exact) mass is 618 g/mol. The Morgan fingerprint density at radius 1 is 1.34 bits per heavy atom. The van der Waals surface area contributed by atoms with Crippen molar-refractivity contribution in [3.8, 4) is 0 Å². The van der Waals surface area contributed by atoms with Gasteiger partial charge in [-0.1, -0.05) is 28.1 Å². The molecule has 1 fully saturated rings. The number of aromatic nitrogens is 3. The van der Waals surface area contributed by atoms with E-state index in [1.807, 2.05) is 16.7 Å². The summed E-state index contributed by atoms with van der Waals surface area (Å²) in [7, 11) is 0. The molecular formula is C24H21ClN7O7S2+. The number of fused-ring (bicyclic) bond motifs is 2. The molecule has 212 valence electrons. The van der Waals surface area contributed by atoms with Crippen LogP contribution in [0.1, 0.15) is 12.6 Å². The summed E-state index contributed by atoms with van der Waals surface area (Å²) in [5.74, 6) is -3.90. The number of nitrogens with zero attached hydrogens (tertiary/aromatic N) is 5. The molecule has 0 aliphatic carbocycles. The van der Waals surface area contributed by atoms with Crippen LogP contribution in [0.4, 0.5) is 5.13 Å². The van der Waals surface area contributed by atoms with Crippen molar-refractivity contribution < 1.29 is 38.8 Å². The topological polar surface area (TPSA) is 201 Å². The van der Waals surface area contributed by atoms with Gasteiger partial charge in [-0.15, -0.1) is 11.8 Å². The minimum atomic E-state index is -1.40. The number of thioether (sulfide) groups is 1. The number of rotatable bonds is 9. The molecule has 3 atom stereocenters. The fourth-order valence-corrected chi connectivity index (χ4v) is 6.55. The van der Waals surface area contributed by atoms with Crippen LogP contribution in [-0.2, 0) is 30.6 Å². The number of carbonyl (C=O) groups excluding carboxylic acids is 2. The van der Waals surface area contributed by atoms with E-state index in [2.05, 4.69) is 20.4 Å². The number of thiazole rings is 1. The van der Waals surface area contributed by atoms with Crippen LogP contribution in [0.2, 0.25) is 4.34 Å². The molecule has 17 heteroatoms. The standard InChI is InChI=1S/C24H20ClN7O7S2/c1-10(22(35)36)39-30-15(14-18(25)41-24(26)29-14)19(33)28-16-20(34)32-17(23(37)38)11(9-40-21(16)32)8-31-7-3-4-12-13(31)5-2-6-27-12/h2-7,10,16,21H,8-9H2,1H3,(H4-,26,28,29,33,35,36,37,38)/p+1/t10-,16?,21+/m0/s1. The van der Waals surface area contributed by atoms with Crippen molar-refractivity contribution in [2.45, 2.75) is 31.0 Å². The summed E-state index contributed by atoms with van der Waals surface area (Å²) >= 11 is 8.30. The number of β-lactam (4-membered cyclic amide) rings is 1. The third-order valence-corrected chi connectivity index (χ3v) is 8.66. The number of hydrogen-bond acceptors (Lipinski definition) is 11. The van der Waals surface area contributed by atoms with Gasteiger partial charge >= 0.3 is 11.9 Å². The van der Waals surface area contributed by atoms with Gasteiger partial charge in [0.2, 0.25) is 11.6 Å². The van der Waals surface area contributed by atoms with Crippen molar-refractivity contribution in [1.82, 2.24) is 20.2 Å². The van der Waals surface area contributed by atoms with Crippen molar-refractivity contribution >= 4 is 80.3 Å². The third-order valence-electron chi connectivity index (χ3n) is 6.23. The van der Waals surface area contributed by atoms with Gasteiger partial charge in [0, 0.05) is 29.7 Å². The van der Waals surface area contributed by atoms with Crippen molar-refractivity contribution in [1.29, 1.82) is 0 Å². The zero-order chi connectivity index (χ0) is 29.4. The van der Waals surface area contributed by atoms with Crippen molar-refractivity contribution in [3.63, 3.8) is 0 Å². The normalized spacial score (nSPS) is 19.4. The van der Waals surface area contributed by atoms with Crippen molar-refractivity contribution in [3.05, 3.63) is 58.0 Å². The molecule has 41 heavy (non-hydrogen) atoms. The average Bonchev–Trinajstić information content (AvgIpc) is 3.28.